The van der Waals surface area contributed by atoms with Crippen molar-refractivity contribution in [2.24, 2.45) is 0 Å². The zero-order chi connectivity index (χ0) is 27.9. The molecule has 0 atom stereocenters. The van der Waals surface area contributed by atoms with Crippen LogP contribution in [-0.4, -0.2) is 43.5 Å². The van der Waals surface area contributed by atoms with Crippen LogP contribution in [0.25, 0.3) is 21.7 Å². The molecule has 2 aromatic heterocycles. The van der Waals surface area contributed by atoms with E-state index in [-0.39, 0.29) is 24.1 Å². The van der Waals surface area contributed by atoms with Crippen LogP contribution in [0.3, 0.4) is 0 Å². The number of pyridine rings is 1. The first-order chi connectivity index (χ1) is 18.6. The lowest BCUT2D eigenvalue weighted by atomic mass is 10.1. The Morgan fingerprint density at radius 2 is 1.87 bits per heavy atom. The highest BCUT2D eigenvalue weighted by Crippen LogP contribution is 2.47. The molecule has 0 bridgehead atoms. The lowest BCUT2D eigenvalue weighted by Crippen LogP contribution is -2.25. The third kappa shape index (κ3) is 5.05. The zero-order valence-corrected chi connectivity index (χ0v) is 22.9. The molecule has 0 aliphatic heterocycles. The molecule has 1 N–H and O–H groups in total. The fraction of sp³-hybridized carbons (Fsp3) is 0.179. The van der Waals surface area contributed by atoms with Gasteiger partial charge in [0.2, 0.25) is 15.9 Å². The minimum atomic E-state index is -3.69. The molecule has 0 amide bonds. The Labute approximate surface area is 229 Å². The van der Waals surface area contributed by atoms with Crippen molar-refractivity contribution in [1.82, 2.24) is 9.55 Å². The van der Waals surface area contributed by atoms with E-state index < -0.39 is 15.8 Å². The Kier molecular flexibility index (Phi) is 7.00. The molecule has 3 aromatic carbocycles. The molecule has 11 heteroatoms. The Balaban J connectivity index is 1.73. The number of nitrogens with zero attached hydrogens (tertiary/aromatic N) is 3. The van der Waals surface area contributed by atoms with Gasteiger partial charge in [-0.25, -0.2) is 12.8 Å². The Morgan fingerprint density at radius 3 is 2.54 bits per heavy atom. The average Bonchev–Trinajstić information content (AvgIpc) is 3.23. The van der Waals surface area contributed by atoms with Crippen LogP contribution in [0, 0.1) is 5.82 Å². The molecular formula is C28H25ClFN3O5S. The van der Waals surface area contributed by atoms with Crippen molar-refractivity contribution < 1.29 is 27.4 Å². The van der Waals surface area contributed by atoms with E-state index in [2.05, 4.69) is 4.98 Å². The van der Waals surface area contributed by atoms with Crippen molar-refractivity contribution in [2.75, 3.05) is 24.7 Å². The van der Waals surface area contributed by atoms with Crippen LogP contribution < -0.4 is 13.8 Å². The first kappa shape index (κ1) is 26.6. The predicted molar refractivity (Wildman–Crippen MR) is 150 cm³/mol. The van der Waals surface area contributed by atoms with Gasteiger partial charge < -0.3 is 19.1 Å². The van der Waals surface area contributed by atoms with Crippen LogP contribution >= 0.6 is 11.6 Å². The molecule has 0 saturated carbocycles. The molecular weight excluding hydrogens is 545 g/mol. The van der Waals surface area contributed by atoms with Gasteiger partial charge in [-0.05, 0) is 47.5 Å². The molecule has 8 nitrogen and oxygen atoms in total. The summed E-state index contributed by atoms with van der Waals surface area (Å²) in [6.07, 6.45) is 4.31. The maximum atomic E-state index is 13.6. The van der Waals surface area contributed by atoms with Gasteiger partial charge in [0.1, 0.15) is 23.7 Å². The third-order valence-electron chi connectivity index (χ3n) is 6.52. The van der Waals surface area contributed by atoms with E-state index in [0.717, 1.165) is 16.1 Å². The first-order valence-electron chi connectivity index (χ1n) is 11.8. The summed E-state index contributed by atoms with van der Waals surface area (Å²) < 4.78 is 53.1. The lowest BCUT2D eigenvalue weighted by Gasteiger charge is -2.21. The highest BCUT2D eigenvalue weighted by Gasteiger charge is 2.27. The molecule has 39 heavy (non-hydrogen) atoms. The summed E-state index contributed by atoms with van der Waals surface area (Å²) in [5.74, 6) is 0.346. The fourth-order valence-electron chi connectivity index (χ4n) is 4.47. The number of ether oxygens (including phenoxy) is 2. The summed E-state index contributed by atoms with van der Waals surface area (Å²) in [6, 6.07) is 14.8. The maximum absolute atomic E-state index is 13.6. The number of hydrogen-bond acceptors (Lipinski definition) is 6. The molecule has 2 heterocycles. The molecule has 0 saturated heterocycles. The fourth-order valence-corrected chi connectivity index (χ4v) is 5.22. The molecule has 0 unspecified atom stereocenters. The van der Waals surface area contributed by atoms with Gasteiger partial charge in [0.25, 0.3) is 0 Å². The molecule has 0 fully saturated rings. The molecule has 0 spiro atoms. The summed E-state index contributed by atoms with van der Waals surface area (Å²) in [5, 5.41) is 12.9. The van der Waals surface area contributed by atoms with E-state index in [4.69, 9.17) is 21.1 Å². The average molecular weight is 570 g/mol. The number of halogens is 2. The summed E-state index contributed by atoms with van der Waals surface area (Å²) in [6.45, 7) is 0.254. The van der Waals surface area contributed by atoms with Gasteiger partial charge in [-0.15, -0.1) is 0 Å². The van der Waals surface area contributed by atoms with Gasteiger partial charge in [-0.3, -0.25) is 9.29 Å². The first-order valence-corrected chi connectivity index (χ1v) is 14.1. The van der Waals surface area contributed by atoms with Crippen molar-refractivity contribution in [3.63, 3.8) is 0 Å². The minimum absolute atomic E-state index is 0.101. The van der Waals surface area contributed by atoms with Gasteiger partial charge >= 0.3 is 0 Å². The van der Waals surface area contributed by atoms with Crippen LogP contribution in [-0.2, 0) is 23.2 Å². The summed E-state index contributed by atoms with van der Waals surface area (Å²) in [7, 11) is -0.659. The topological polar surface area (TPSA) is 93.9 Å². The number of hydrogen-bond donors (Lipinski definition) is 1. The highest BCUT2D eigenvalue weighted by molar-refractivity contribution is 7.92. The van der Waals surface area contributed by atoms with E-state index in [1.54, 1.807) is 31.6 Å². The Hall–Kier alpha value is -4.02. The van der Waals surface area contributed by atoms with Gasteiger partial charge in [-0.2, -0.15) is 0 Å². The maximum Gasteiger partial charge on any atom is 0.232 e. The number of aromatic hydroxyl groups is 1. The summed E-state index contributed by atoms with van der Waals surface area (Å²) >= 11 is 6.26. The van der Waals surface area contributed by atoms with Gasteiger partial charge in [0, 0.05) is 35.2 Å². The molecule has 5 aromatic rings. The summed E-state index contributed by atoms with van der Waals surface area (Å²) in [5.41, 5.74) is 2.14. The normalized spacial score (nSPS) is 11.7. The lowest BCUT2D eigenvalue weighted by molar-refractivity contribution is 0.311. The largest absolute Gasteiger partial charge is 0.497 e. The molecule has 0 aliphatic carbocycles. The molecule has 5 rings (SSSR count). The Bertz CT molecular complexity index is 1810. The Morgan fingerprint density at radius 1 is 1.13 bits per heavy atom. The van der Waals surface area contributed by atoms with Crippen LogP contribution in [0.2, 0.25) is 5.02 Å². The number of fused-ring (bicyclic) bond motifs is 2. The van der Waals surface area contributed by atoms with Crippen molar-refractivity contribution in [2.45, 2.75) is 13.2 Å². The number of rotatable bonds is 8. The monoisotopic (exact) mass is 569 g/mol. The van der Waals surface area contributed by atoms with Crippen LogP contribution in [0.4, 0.5) is 10.1 Å². The van der Waals surface area contributed by atoms with E-state index in [1.165, 1.54) is 29.8 Å². The van der Waals surface area contributed by atoms with Crippen LogP contribution in [0.1, 0.15) is 11.1 Å². The van der Waals surface area contributed by atoms with E-state index in [9.17, 15) is 17.9 Å². The van der Waals surface area contributed by atoms with E-state index in [0.29, 0.717) is 44.4 Å². The number of methoxy groups -OCH3 is 1. The van der Waals surface area contributed by atoms with Crippen molar-refractivity contribution in [3.05, 3.63) is 89.0 Å². The minimum Gasteiger partial charge on any atom is -0.497 e. The van der Waals surface area contributed by atoms with Crippen LogP contribution in [0.15, 0.2) is 67.0 Å². The molecule has 0 radical (unpaired) electrons. The number of sulfonamides is 1. The second kappa shape index (κ2) is 10.3. The molecule has 202 valence electrons. The second-order valence-corrected chi connectivity index (χ2v) is 11.5. The van der Waals surface area contributed by atoms with Gasteiger partial charge in [-0.1, -0.05) is 29.8 Å². The number of benzene rings is 3. The smallest absolute Gasteiger partial charge is 0.232 e. The molecule has 0 aliphatic rings. The number of anilines is 1. The second-order valence-electron chi connectivity index (χ2n) is 9.05. The number of aromatic nitrogens is 2. The third-order valence-corrected chi connectivity index (χ3v) is 8.05. The predicted octanol–water partition coefficient (Wildman–Crippen LogP) is 5.72. The van der Waals surface area contributed by atoms with Gasteiger partial charge in [0.05, 0.1) is 31.0 Å². The van der Waals surface area contributed by atoms with Crippen molar-refractivity contribution >= 4 is 49.0 Å². The highest BCUT2D eigenvalue weighted by atomic mass is 35.5. The SMILES string of the molecule is COc1ccc(COc2c3ncccc3c(N(C)S(C)(=O)=O)c3cn(Cc4ccc(F)cc4Cl)c(O)c23)cc1. The van der Waals surface area contributed by atoms with Crippen molar-refractivity contribution in [3.8, 4) is 17.4 Å². The van der Waals surface area contributed by atoms with Crippen LogP contribution in [0.5, 0.6) is 17.4 Å². The van der Waals surface area contributed by atoms with Gasteiger partial charge in [0.15, 0.2) is 5.75 Å². The van der Waals surface area contributed by atoms with Crippen molar-refractivity contribution in [1.29, 1.82) is 0 Å². The zero-order valence-electron chi connectivity index (χ0n) is 21.4. The van der Waals surface area contributed by atoms with E-state index >= 15 is 0 Å². The quantitative estimate of drug-likeness (QED) is 0.257. The van der Waals surface area contributed by atoms with E-state index in [1.807, 2.05) is 24.3 Å². The standard InChI is InChI=1S/C28H25ClFN3O5S/c1-32(39(3,35)36)26-21-5-4-12-31-25(21)27(38-16-17-6-10-20(37-2)11-7-17)24-22(26)15-33(28(24)34)14-18-8-9-19(30)13-23(18)29/h4-13,15,34H,14,16H2,1-3H3. The summed E-state index contributed by atoms with van der Waals surface area (Å²) in [4.78, 5) is 4.50.